The molecule has 0 aliphatic rings. The van der Waals surface area contributed by atoms with Gasteiger partial charge in [-0.3, -0.25) is 0 Å². The van der Waals surface area contributed by atoms with Crippen molar-refractivity contribution in [1.29, 1.82) is 0 Å². The topological polar surface area (TPSA) is 43.8 Å². The Kier molecular flexibility index (Phi) is 2.18. The molecule has 0 atom stereocenters. The van der Waals surface area contributed by atoms with E-state index in [1.54, 1.807) is 41.5 Å². The second kappa shape index (κ2) is 3.49. The molecule has 0 amide bonds. The van der Waals surface area contributed by atoms with E-state index in [0.29, 0.717) is 11.3 Å². The molecule has 3 nitrogen and oxygen atoms in total. The van der Waals surface area contributed by atoms with Gasteiger partial charge in [0.1, 0.15) is 6.67 Å². The van der Waals surface area contributed by atoms with Crippen LogP contribution in [0.1, 0.15) is 5.56 Å². The maximum Gasteiger partial charge on any atom is 0.115 e. The molecule has 72 valence electrons. The monoisotopic (exact) mass is 191 g/mol. The van der Waals surface area contributed by atoms with Crippen molar-refractivity contribution >= 4 is 5.69 Å². The molecule has 2 rings (SSSR count). The molecule has 2 N–H and O–H groups in total. The fourth-order valence-electron chi connectivity index (χ4n) is 1.34. The highest BCUT2D eigenvalue weighted by Gasteiger charge is 2.00. The number of anilines is 1. The molecule has 14 heavy (non-hydrogen) atoms. The van der Waals surface area contributed by atoms with Crippen LogP contribution >= 0.6 is 0 Å². The summed E-state index contributed by atoms with van der Waals surface area (Å²) in [4.78, 5) is 3.91. The van der Waals surface area contributed by atoms with Crippen molar-refractivity contribution in [2.45, 2.75) is 6.67 Å². The predicted octanol–water partition coefficient (Wildman–Crippen LogP) is 1.92. The fraction of sp³-hybridized carbons (Fsp3) is 0.100. The summed E-state index contributed by atoms with van der Waals surface area (Å²) in [5.74, 6) is 0. The van der Waals surface area contributed by atoms with Crippen LogP contribution in [0.2, 0.25) is 0 Å². The SMILES string of the molecule is Nc1cc(CF)cc(-n2ccnc2)c1. The zero-order valence-corrected chi connectivity index (χ0v) is 7.52. The first-order valence-electron chi connectivity index (χ1n) is 4.23. The Labute approximate surface area is 81.0 Å². The third-order valence-electron chi connectivity index (χ3n) is 1.96. The van der Waals surface area contributed by atoms with E-state index in [1.807, 2.05) is 0 Å². The summed E-state index contributed by atoms with van der Waals surface area (Å²) in [6, 6.07) is 5.15. The lowest BCUT2D eigenvalue weighted by atomic mass is 10.2. The van der Waals surface area contributed by atoms with Gasteiger partial charge in [0.2, 0.25) is 0 Å². The average molecular weight is 191 g/mol. The molecule has 1 heterocycles. The van der Waals surface area contributed by atoms with Crippen molar-refractivity contribution in [3.05, 3.63) is 42.5 Å². The van der Waals surface area contributed by atoms with Crippen molar-refractivity contribution in [3.8, 4) is 5.69 Å². The average Bonchev–Trinajstić information content (AvgIpc) is 2.69. The molecule has 1 aromatic heterocycles. The first kappa shape index (κ1) is 8.74. The minimum absolute atomic E-state index is 0.507. The van der Waals surface area contributed by atoms with Gasteiger partial charge in [0.05, 0.1) is 6.33 Å². The van der Waals surface area contributed by atoms with Crippen molar-refractivity contribution in [2.75, 3.05) is 5.73 Å². The number of aromatic nitrogens is 2. The highest BCUT2D eigenvalue weighted by molar-refractivity contribution is 5.50. The Morgan fingerprint density at radius 1 is 1.36 bits per heavy atom. The van der Waals surface area contributed by atoms with Gasteiger partial charge in [0.25, 0.3) is 0 Å². The minimum atomic E-state index is -0.507. The molecule has 0 spiro atoms. The summed E-state index contributed by atoms with van der Waals surface area (Å²) < 4.78 is 14.2. The molecule has 2 aromatic rings. The van der Waals surface area contributed by atoms with Crippen LogP contribution in [0.3, 0.4) is 0 Å². The zero-order valence-electron chi connectivity index (χ0n) is 7.52. The number of rotatable bonds is 2. The summed E-state index contributed by atoms with van der Waals surface area (Å²) in [6.07, 6.45) is 5.10. The van der Waals surface area contributed by atoms with E-state index >= 15 is 0 Å². The lowest BCUT2D eigenvalue weighted by molar-refractivity contribution is 0.485. The predicted molar refractivity (Wildman–Crippen MR) is 52.8 cm³/mol. The van der Waals surface area contributed by atoms with E-state index in [2.05, 4.69) is 4.98 Å². The van der Waals surface area contributed by atoms with Gasteiger partial charge in [-0.05, 0) is 23.8 Å². The summed E-state index contributed by atoms with van der Waals surface area (Å²) >= 11 is 0. The van der Waals surface area contributed by atoms with Crippen LogP contribution < -0.4 is 5.73 Å². The smallest absolute Gasteiger partial charge is 0.115 e. The number of nitrogens with zero attached hydrogens (tertiary/aromatic N) is 2. The highest BCUT2D eigenvalue weighted by Crippen LogP contribution is 2.16. The molecule has 1 aromatic carbocycles. The molecule has 0 aliphatic heterocycles. The Bertz CT molecular complexity index is 423. The third-order valence-corrected chi connectivity index (χ3v) is 1.96. The molecule has 4 heteroatoms. The van der Waals surface area contributed by atoms with E-state index in [0.717, 1.165) is 5.69 Å². The molecule has 0 saturated carbocycles. The van der Waals surface area contributed by atoms with Crippen molar-refractivity contribution in [1.82, 2.24) is 9.55 Å². The number of hydrogen-bond acceptors (Lipinski definition) is 2. The molecule has 0 fully saturated rings. The number of alkyl halides is 1. The fourth-order valence-corrected chi connectivity index (χ4v) is 1.34. The third kappa shape index (κ3) is 1.59. The largest absolute Gasteiger partial charge is 0.399 e. The summed E-state index contributed by atoms with van der Waals surface area (Å²) in [5, 5.41) is 0. The summed E-state index contributed by atoms with van der Waals surface area (Å²) in [5.41, 5.74) is 7.61. The standard InChI is InChI=1S/C10H10FN3/c11-6-8-3-9(12)5-10(4-8)14-2-1-13-7-14/h1-5,7H,6,12H2. The van der Waals surface area contributed by atoms with Crippen LogP contribution in [0.25, 0.3) is 5.69 Å². The van der Waals surface area contributed by atoms with Gasteiger partial charge in [-0.1, -0.05) is 0 Å². The second-order valence-electron chi connectivity index (χ2n) is 3.04. The van der Waals surface area contributed by atoms with E-state index in [9.17, 15) is 4.39 Å². The van der Waals surface area contributed by atoms with Crippen LogP contribution in [0.15, 0.2) is 36.9 Å². The highest BCUT2D eigenvalue weighted by atomic mass is 19.1. The molecular weight excluding hydrogens is 181 g/mol. The number of hydrogen-bond donors (Lipinski definition) is 1. The normalized spacial score (nSPS) is 10.4. The molecule has 0 bridgehead atoms. The van der Waals surface area contributed by atoms with Gasteiger partial charge in [0.15, 0.2) is 0 Å². The van der Waals surface area contributed by atoms with Crippen molar-refractivity contribution in [2.24, 2.45) is 0 Å². The number of nitrogens with two attached hydrogens (primary N) is 1. The Hall–Kier alpha value is -1.84. The molecule has 0 radical (unpaired) electrons. The quantitative estimate of drug-likeness (QED) is 0.737. The lowest BCUT2D eigenvalue weighted by Gasteiger charge is -2.05. The second-order valence-corrected chi connectivity index (χ2v) is 3.04. The van der Waals surface area contributed by atoms with Gasteiger partial charge < -0.3 is 10.3 Å². The number of imidazole rings is 1. The maximum absolute atomic E-state index is 12.4. The van der Waals surface area contributed by atoms with E-state index in [4.69, 9.17) is 5.73 Å². The van der Waals surface area contributed by atoms with Crippen LogP contribution in [-0.4, -0.2) is 9.55 Å². The molecular formula is C10H10FN3. The van der Waals surface area contributed by atoms with Gasteiger partial charge in [0, 0.05) is 23.8 Å². The van der Waals surface area contributed by atoms with E-state index in [-0.39, 0.29) is 0 Å². The minimum Gasteiger partial charge on any atom is -0.399 e. The van der Waals surface area contributed by atoms with Gasteiger partial charge in [-0.25, -0.2) is 9.37 Å². The first-order valence-corrected chi connectivity index (χ1v) is 4.23. The number of benzene rings is 1. The maximum atomic E-state index is 12.4. The zero-order chi connectivity index (χ0) is 9.97. The van der Waals surface area contributed by atoms with Gasteiger partial charge in [-0.2, -0.15) is 0 Å². The number of nitrogen functional groups attached to an aromatic ring is 1. The molecule has 0 aliphatic carbocycles. The van der Waals surface area contributed by atoms with Crippen LogP contribution in [0, 0.1) is 0 Å². The van der Waals surface area contributed by atoms with Crippen molar-refractivity contribution < 1.29 is 4.39 Å². The van der Waals surface area contributed by atoms with Crippen molar-refractivity contribution in [3.63, 3.8) is 0 Å². The van der Waals surface area contributed by atoms with E-state index < -0.39 is 6.67 Å². The molecule has 0 saturated heterocycles. The van der Waals surface area contributed by atoms with E-state index in [1.165, 1.54) is 0 Å². The number of halogens is 1. The van der Waals surface area contributed by atoms with Crippen LogP contribution in [-0.2, 0) is 6.67 Å². The Morgan fingerprint density at radius 2 is 2.21 bits per heavy atom. The van der Waals surface area contributed by atoms with Gasteiger partial charge >= 0.3 is 0 Å². The molecule has 0 unspecified atom stereocenters. The van der Waals surface area contributed by atoms with Crippen LogP contribution in [0.4, 0.5) is 10.1 Å². The van der Waals surface area contributed by atoms with Crippen LogP contribution in [0.5, 0.6) is 0 Å². The Balaban J connectivity index is 2.48. The summed E-state index contributed by atoms with van der Waals surface area (Å²) in [6.45, 7) is -0.507. The summed E-state index contributed by atoms with van der Waals surface area (Å²) in [7, 11) is 0. The Morgan fingerprint density at radius 3 is 2.86 bits per heavy atom. The lowest BCUT2D eigenvalue weighted by Crippen LogP contribution is -1.95. The first-order chi connectivity index (χ1) is 6.79. The van der Waals surface area contributed by atoms with Gasteiger partial charge in [-0.15, -0.1) is 0 Å².